The zero-order valence-electron chi connectivity index (χ0n) is 26.9. The van der Waals surface area contributed by atoms with Crippen molar-refractivity contribution in [1.29, 1.82) is 0 Å². The number of methoxy groups -OCH3 is 2. The van der Waals surface area contributed by atoms with Crippen molar-refractivity contribution < 1.29 is 47.2 Å². The fourth-order valence-corrected chi connectivity index (χ4v) is 7.30. The monoisotopic (exact) mass is 655 g/mol. The van der Waals surface area contributed by atoms with Gasteiger partial charge in [0.05, 0.1) is 26.9 Å². The first-order valence-electron chi connectivity index (χ1n) is 15.2. The highest BCUT2D eigenvalue weighted by molar-refractivity contribution is 7.54. The molecule has 1 aliphatic carbocycles. The van der Waals surface area contributed by atoms with Crippen LogP contribution in [-0.2, 0) is 42.4 Å². The Hall–Kier alpha value is -2.97. The number of nitrogens with one attached hydrogen (secondary N) is 3. The Labute approximate surface area is 264 Å². The van der Waals surface area contributed by atoms with E-state index in [1.54, 1.807) is 24.1 Å². The van der Waals surface area contributed by atoms with Gasteiger partial charge in [0.15, 0.2) is 17.9 Å². The molecule has 3 heterocycles. The number of aliphatic imine (C=N–C) groups is 1. The molecular weight excluding hydrogens is 609 g/mol. The molecule has 0 aromatic carbocycles. The van der Waals surface area contributed by atoms with E-state index < -0.39 is 61.9 Å². The van der Waals surface area contributed by atoms with Gasteiger partial charge in [-0.15, -0.1) is 0 Å². The van der Waals surface area contributed by atoms with Crippen molar-refractivity contribution in [3.05, 3.63) is 24.7 Å². The van der Waals surface area contributed by atoms with Crippen LogP contribution in [0.5, 0.6) is 0 Å². The van der Waals surface area contributed by atoms with Crippen molar-refractivity contribution in [2.45, 2.75) is 102 Å². The first-order chi connectivity index (χ1) is 21.2. The van der Waals surface area contributed by atoms with Crippen LogP contribution in [0.25, 0.3) is 0 Å². The van der Waals surface area contributed by atoms with E-state index >= 15 is 0 Å². The third-order valence-corrected chi connectivity index (χ3v) is 9.59. The number of fused-ring (bicyclic) bond motifs is 1. The van der Waals surface area contributed by atoms with Crippen LogP contribution >= 0.6 is 7.67 Å². The minimum Gasteiger partial charge on any atom is -0.468 e. The molecule has 0 amide bonds. The zero-order chi connectivity index (χ0) is 33.1. The van der Waals surface area contributed by atoms with Crippen molar-refractivity contribution in [2.24, 2.45) is 16.8 Å². The van der Waals surface area contributed by atoms with Crippen LogP contribution in [0.3, 0.4) is 0 Å². The SMILES string of the molecule is C=C1NC(=NC2CC2)C=CN1[C@@H]1O[C@H](COP(=O)(NC(CC(C)C)C(=O)OC)NC(CC(C)C)C(=O)OC)C2OC(=O)O[C@@]21C. The number of hydrogen-bond acceptors (Lipinski definition) is 12. The topological polar surface area (TPSA) is 175 Å². The van der Waals surface area contributed by atoms with E-state index in [1.807, 2.05) is 27.7 Å². The van der Waals surface area contributed by atoms with Gasteiger partial charge in [-0.1, -0.05) is 34.3 Å². The summed E-state index contributed by atoms with van der Waals surface area (Å²) >= 11 is 0. The third-order valence-electron chi connectivity index (χ3n) is 7.78. The maximum absolute atomic E-state index is 14.5. The molecule has 4 rings (SSSR count). The van der Waals surface area contributed by atoms with E-state index in [4.69, 9.17) is 28.2 Å². The summed E-state index contributed by atoms with van der Waals surface area (Å²) in [6, 6.07) is -1.76. The van der Waals surface area contributed by atoms with Gasteiger partial charge in [-0.25, -0.2) is 15.0 Å². The average molecular weight is 656 g/mol. The number of esters is 2. The molecule has 3 unspecified atom stereocenters. The first-order valence-corrected chi connectivity index (χ1v) is 16.8. The average Bonchev–Trinajstić information content (AvgIpc) is 3.66. The molecular formula is C29H46N5O10P. The van der Waals surface area contributed by atoms with E-state index in [0.29, 0.717) is 17.7 Å². The third kappa shape index (κ3) is 8.44. The van der Waals surface area contributed by atoms with Crippen LogP contribution in [0.1, 0.15) is 60.3 Å². The minimum absolute atomic E-state index is 0.0194. The Bertz CT molecular complexity index is 1220. The maximum atomic E-state index is 14.5. The lowest BCUT2D eigenvalue weighted by atomic mass is 9.96. The summed E-state index contributed by atoms with van der Waals surface area (Å²) < 4.78 is 47.8. The second-order valence-corrected chi connectivity index (χ2v) is 14.5. The van der Waals surface area contributed by atoms with Gasteiger partial charge < -0.3 is 38.4 Å². The highest BCUT2D eigenvalue weighted by Gasteiger charge is 2.65. The van der Waals surface area contributed by atoms with E-state index in [-0.39, 0.29) is 31.3 Å². The summed E-state index contributed by atoms with van der Waals surface area (Å²) in [5.74, 6) is -0.146. The molecule has 1 saturated carbocycles. The van der Waals surface area contributed by atoms with Crippen molar-refractivity contribution >= 4 is 31.6 Å². The Morgan fingerprint density at radius 1 is 1.13 bits per heavy atom. The van der Waals surface area contributed by atoms with Crippen molar-refractivity contribution in [3.63, 3.8) is 0 Å². The van der Waals surface area contributed by atoms with E-state index in [0.717, 1.165) is 12.8 Å². The first kappa shape index (κ1) is 34.9. The van der Waals surface area contributed by atoms with Gasteiger partial charge in [-0.3, -0.25) is 19.1 Å². The predicted molar refractivity (Wildman–Crippen MR) is 162 cm³/mol. The summed E-state index contributed by atoms with van der Waals surface area (Å²) in [5.41, 5.74) is -1.30. The lowest BCUT2D eigenvalue weighted by Gasteiger charge is -2.37. The second kappa shape index (κ2) is 14.2. The van der Waals surface area contributed by atoms with E-state index in [9.17, 15) is 18.9 Å². The van der Waals surface area contributed by atoms with Gasteiger partial charge in [0.1, 0.15) is 29.8 Å². The van der Waals surface area contributed by atoms with Crippen LogP contribution in [0.4, 0.5) is 4.79 Å². The second-order valence-electron chi connectivity index (χ2n) is 12.7. The Morgan fingerprint density at radius 2 is 1.71 bits per heavy atom. The molecule has 6 atom stereocenters. The van der Waals surface area contributed by atoms with Crippen LogP contribution in [-0.4, -0.2) is 91.8 Å². The number of ether oxygens (including phenoxy) is 5. The number of carbonyl (C=O) groups excluding carboxylic acids is 3. The number of hydrogen-bond donors (Lipinski definition) is 3. The fraction of sp³-hybridized carbons (Fsp3) is 0.724. The molecule has 252 valence electrons. The molecule has 3 aliphatic heterocycles. The van der Waals surface area contributed by atoms with Crippen molar-refractivity contribution in [2.75, 3.05) is 20.8 Å². The zero-order valence-corrected chi connectivity index (χ0v) is 27.8. The lowest BCUT2D eigenvalue weighted by molar-refractivity contribution is -0.143. The highest BCUT2D eigenvalue weighted by Crippen LogP contribution is 2.47. The van der Waals surface area contributed by atoms with Crippen LogP contribution in [0.15, 0.2) is 29.7 Å². The van der Waals surface area contributed by atoms with Gasteiger partial charge in [0.25, 0.3) is 0 Å². The normalized spacial score (nSPS) is 29.6. The maximum Gasteiger partial charge on any atom is 0.509 e. The fourth-order valence-electron chi connectivity index (χ4n) is 5.48. The molecule has 0 aromatic rings. The molecule has 3 fully saturated rings. The van der Waals surface area contributed by atoms with Gasteiger partial charge >= 0.3 is 25.8 Å². The number of rotatable bonds is 15. The number of nitrogens with zero attached hydrogens (tertiary/aromatic N) is 2. The minimum atomic E-state index is -4.22. The summed E-state index contributed by atoms with van der Waals surface area (Å²) in [5, 5.41) is 8.73. The van der Waals surface area contributed by atoms with Gasteiger partial charge in [-0.05, 0) is 50.5 Å². The van der Waals surface area contributed by atoms with Crippen molar-refractivity contribution in [3.8, 4) is 0 Å². The molecule has 2 saturated heterocycles. The molecule has 0 radical (unpaired) electrons. The van der Waals surface area contributed by atoms with Crippen molar-refractivity contribution in [1.82, 2.24) is 20.4 Å². The van der Waals surface area contributed by atoms with Gasteiger partial charge in [0.2, 0.25) is 0 Å². The molecule has 15 nitrogen and oxygen atoms in total. The molecule has 0 aromatic heterocycles. The largest absolute Gasteiger partial charge is 0.509 e. The van der Waals surface area contributed by atoms with Crippen LogP contribution in [0, 0.1) is 11.8 Å². The number of carbonyl (C=O) groups is 3. The summed E-state index contributed by atoms with van der Waals surface area (Å²) in [6.07, 6.45) is 2.43. The molecule has 0 bridgehead atoms. The Balaban J connectivity index is 1.58. The Kier molecular flexibility index (Phi) is 11.0. The predicted octanol–water partition coefficient (Wildman–Crippen LogP) is 2.94. The molecule has 45 heavy (non-hydrogen) atoms. The quantitative estimate of drug-likeness (QED) is 0.133. The Morgan fingerprint density at radius 3 is 2.20 bits per heavy atom. The smallest absolute Gasteiger partial charge is 0.468 e. The molecule has 16 heteroatoms. The highest BCUT2D eigenvalue weighted by atomic mass is 31.2. The standard InChI is InChI=1S/C29H46N5O10P/c1-16(2)13-20(25(35)39-7)32-45(38,33-21(14-17(3)4)26(36)40-8)41-15-22-24-29(6,44-28(37)43-24)27(42-22)34-12-11-23(30-18(34)5)31-19-9-10-19/h11-12,16-17,19-22,24,27H,5,9-10,13-15H2,1-4,6-8H3,(H,30,31)(H2,32,33,38)/t20?,21?,22-,24?,27-,29+,45?/m1/s1. The van der Waals surface area contributed by atoms with Crippen LogP contribution in [0.2, 0.25) is 0 Å². The van der Waals surface area contributed by atoms with Gasteiger partial charge in [-0.2, -0.15) is 0 Å². The summed E-state index contributed by atoms with van der Waals surface area (Å²) in [4.78, 5) is 44.0. The van der Waals surface area contributed by atoms with E-state index in [1.165, 1.54) is 14.2 Å². The lowest BCUT2D eigenvalue weighted by Crippen LogP contribution is -2.53. The van der Waals surface area contributed by atoms with E-state index in [2.05, 4.69) is 27.1 Å². The molecule has 3 N–H and O–H groups in total. The number of amidine groups is 1. The summed E-state index contributed by atoms with van der Waals surface area (Å²) in [7, 11) is -1.76. The van der Waals surface area contributed by atoms with Gasteiger partial charge in [0, 0.05) is 6.20 Å². The summed E-state index contributed by atoms with van der Waals surface area (Å²) in [6.45, 7) is 13.0. The molecule has 4 aliphatic rings. The van der Waals surface area contributed by atoms with Crippen LogP contribution < -0.4 is 15.5 Å². The molecule has 0 spiro atoms.